The standard InChI is InChI=1S/C18H23NO4/c1-3-4-5-6-18(21)19-13-7-9-16(22-2)15(11-13)17-10-8-14(12-20)23-17/h7-11,20H,3-6,12H2,1-2H3,(H,19,21). The predicted octanol–water partition coefficient (Wildman–Crippen LogP) is 3.97. The van der Waals surface area contributed by atoms with Crippen LogP contribution in [0.1, 0.15) is 38.4 Å². The Hall–Kier alpha value is -2.27. The van der Waals surface area contributed by atoms with Gasteiger partial charge < -0.3 is 19.6 Å². The Morgan fingerprint density at radius 3 is 2.74 bits per heavy atom. The summed E-state index contributed by atoms with van der Waals surface area (Å²) >= 11 is 0. The molecular formula is C18H23NO4. The first-order valence-electron chi connectivity index (χ1n) is 7.85. The van der Waals surface area contributed by atoms with Crippen LogP contribution in [-0.2, 0) is 11.4 Å². The van der Waals surface area contributed by atoms with Crippen LogP contribution < -0.4 is 10.1 Å². The van der Waals surface area contributed by atoms with E-state index < -0.39 is 0 Å². The van der Waals surface area contributed by atoms with Gasteiger partial charge in [-0.15, -0.1) is 0 Å². The van der Waals surface area contributed by atoms with E-state index in [1.807, 2.05) is 6.07 Å². The second-order valence-corrected chi connectivity index (χ2v) is 5.34. The quantitative estimate of drug-likeness (QED) is 0.723. The Morgan fingerprint density at radius 2 is 2.09 bits per heavy atom. The Labute approximate surface area is 136 Å². The largest absolute Gasteiger partial charge is 0.496 e. The van der Waals surface area contributed by atoms with E-state index in [-0.39, 0.29) is 12.5 Å². The van der Waals surface area contributed by atoms with E-state index in [0.717, 1.165) is 24.8 Å². The Morgan fingerprint density at radius 1 is 1.26 bits per heavy atom. The molecule has 0 radical (unpaired) electrons. The van der Waals surface area contributed by atoms with Gasteiger partial charge in [0.15, 0.2) is 0 Å². The summed E-state index contributed by atoms with van der Waals surface area (Å²) in [6.45, 7) is 1.95. The molecule has 0 atom stereocenters. The van der Waals surface area contributed by atoms with Crippen molar-refractivity contribution in [2.24, 2.45) is 0 Å². The first kappa shape index (κ1) is 17.1. The van der Waals surface area contributed by atoms with Gasteiger partial charge in [0.05, 0.1) is 12.7 Å². The molecule has 2 rings (SSSR count). The van der Waals surface area contributed by atoms with Crippen molar-refractivity contribution in [2.75, 3.05) is 12.4 Å². The van der Waals surface area contributed by atoms with Gasteiger partial charge in [-0.1, -0.05) is 19.8 Å². The molecule has 1 amide bonds. The molecular weight excluding hydrogens is 294 g/mol. The van der Waals surface area contributed by atoms with Crippen LogP contribution in [0.2, 0.25) is 0 Å². The van der Waals surface area contributed by atoms with Crippen molar-refractivity contribution in [1.82, 2.24) is 0 Å². The highest BCUT2D eigenvalue weighted by atomic mass is 16.5. The summed E-state index contributed by atoms with van der Waals surface area (Å²) in [6, 6.07) is 8.89. The van der Waals surface area contributed by atoms with Crippen molar-refractivity contribution in [3.05, 3.63) is 36.1 Å². The summed E-state index contributed by atoms with van der Waals surface area (Å²) in [5, 5.41) is 12.0. The number of hydrogen-bond donors (Lipinski definition) is 2. The fraction of sp³-hybridized carbons (Fsp3) is 0.389. The minimum atomic E-state index is -0.157. The molecule has 23 heavy (non-hydrogen) atoms. The number of amides is 1. The van der Waals surface area contributed by atoms with Gasteiger partial charge in [0, 0.05) is 12.1 Å². The number of anilines is 1. The molecule has 124 valence electrons. The lowest BCUT2D eigenvalue weighted by atomic mass is 10.1. The molecule has 2 aromatic rings. The molecule has 0 spiro atoms. The average molecular weight is 317 g/mol. The molecule has 1 aromatic heterocycles. The van der Waals surface area contributed by atoms with Crippen molar-refractivity contribution < 1.29 is 19.1 Å². The first-order chi connectivity index (χ1) is 11.2. The molecule has 0 aliphatic rings. The lowest BCUT2D eigenvalue weighted by Gasteiger charge is -2.10. The zero-order valence-electron chi connectivity index (χ0n) is 13.6. The SMILES string of the molecule is CCCCCC(=O)Nc1ccc(OC)c(-c2ccc(CO)o2)c1. The highest BCUT2D eigenvalue weighted by molar-refractivity contribution is 5.91. The average Bonchev–Trinajstić information content (AvgIpc) is 3.04. The van der Waals surface area contributed by atoms with E-state index in [1.165, 1.54) is 0 Å². The number of carbonyl (C=O) groups excluding carboxylic acids is 1. The van der Waals surface area contributed by atoms with Crippen LogP contribution in [0.5, 0.6) is 5.75 Å². The van der Waals surface area contributed by atoms with Crippen LogP contribution in [0.25, 0.3) is 11.3 Å². The molecule has 1 heterocycles. The number of ether oxygens (including phenoxy) is 1. The maximum absolute atomic E-state index is 11.9. The third kappa shape index (κ3) is 4.60. The number of hydrogen-bond acceptors (Lipinski definition) is 4. The highest BCUT2D eigenvalue weighted by Crippen LogP contribution is 2.33. The molecule has 0 fully saturated rings. The van der Waals surface area contributed by atoms with Gasteiger partial charge in [-0.2, -0.15) is 0 Å². The van der Waals surface area contributed by atoms with Gasteiger partial charge in [-0.05, 0) is 36.8 Å². The van der Waals surface area contributed by atoms with Gasteiger partial charge in [-0.3, -0.25) is 4.79 Å². The first-order valence-corrected chi connectivity index (χ1v) is 7.85. The summed E-state index contributed by atoms with van der Waals surface area (Å²) in [7, 11) is 1.58. The van der Waals surface area contributed by atoms with Gasteiger partial charge >= 0.3 is 0 Å². The number of aliphatic hydroxyl groups excluding tert-OH is 1. The molecule has 5 nitrogen and oxygen atoms in total. The van der Waals surface area contributed by atoms with E-state index in [4.69, 9.17) is 14.3 Å². The second kappa shape index (κ2) is 8.39. The monoisotopic (exact) mass is 317 g/mol. The van der Waals surface area contributed by atoms with Crippen LogP contribution in [-0.4, -0.2) is 18.1 Å². The van der Waals surface area contributed by atoms with E-state index in [2.05, 4.69) is 12.2 Å². The third-order valence-electron chi connectivity index (χ3n) is 3.57. The summed E-state index contributed by atoms with van der Waals surface area (Å²) in [5.74, 6) is 1.72. The van der Waals surface area contributed by atoms with Crippen LogP contribution >= 0.6 is 0 Å². The molecule has 1 aromatic carbocycles. The van der Waals surface area contributed by atoms with E-state index in [9.17, 15) is 4.79 Å². The lowest BCUT2D eigenvalue weighted by molar-refractivity contribution is -0.116. The van der Waals surface area contributed by atoms with Crippen LogP contribution in [0, 0.1) is 0 Å². The number of unbranched alkanes of at least 4 members (excludes halogenated alkanes) is 2. The number of benzene rings is 1. The number of rotatable bonds is 8. The normalized spacial score (nSPS) is 10.6. The lowest BCUT2D eigenvalue weighted by Crippen LogP contribution is -2.11. The van der Waals surface area contributed by atoms with E-state index >= 15 is 0 Å². The molecule has 0 saturated heterocycles. The van der Waals surface area contributed by atoms with Crippen molar-refractivity contribution in [3.63, 3.8) is 0 Å². The highest BCUT2D eigenvalue weighted by Gasteiger charge is 2.12. The number of nitrogens with one attached hydrogen (secondary N) is 1. The molecule has 0 aliphatic heterocycles. The molecule has 0 saturated carbocycles. The summed E-state index contributed by atoms with van der Waals surface area (Å²) in [6.07, 6.45) is 3.55. The fourth-order valence-electron chi connectivity index (χ4n) is 2.34. The van der Waals surface area contributed by atoms with Crippen LogP contribution in [0.3, 0.4) is 0 Å². The second-order valence-electron chi connectivity index (χ2n) is 5.34. The van der Waals surface area contributed by atoms with Gasteiger partial charge in [0.1, 0.15) is 23.9 Å². The fourth-order valence-corrected chi connectivity index (χ4v) is 2.34. The summed E-state index contributed by atoms with van der Waals surface area (Å²) in [5.41, 5.74) is 1.43. The van der Waals surface area contributed by atoms with E-state index in [0.29, 0.717) is 29.4 Å². The van der Waals surface area contributed by atoms with Crippen molar-refractivity contribution in [2.45, 2.75) is 39.2 Å². The van der Waals surface area contributed by atoms with E-state index in [1.54, 1.807) is 31.4 Å². The number of aliphatic hydroxyl groups is 1. The topological polar surface area (TPSA) is 71.7 Å². The predicted molar refractivity (Wildman–Crippen MR) is 89.4 cm³/mol. The maximum atomic E-state index is 11.9. The minimum absolute atomic E-state index is 0.00468. The summed E-state index contributed by atoms with van der Waals surface area (Å²) in [4.78, 5) is 11.9. The number of furan rings is 1. The van der Waals surface area contributed by atoms with Gasteiger partial charge in [-0.25, -0.2) is 0 Å². The van der Waals surface area contributed by atoms with Crippen molar-refractivity contribution in [1.29, 1.82) is 0 Å². The van der Waals surface area contributed by atoms with Crippen molar-refractivity contribution >= 4 is 11.6 Å². The maximum Gasteiger partial charge on any atom is 0.224 e. The molecule has 5 heteroatoms. The molecule has 2 N–H and O–H groups in total. The molecule has 0 unspecified atom stereocenters. The van der Waals surface area contributed by atoms with Gasteiger partial charge in [0.2, 0.25) is 5.91 Å². The Kier molecular flexibility index (Phi) is 6.23. The molecule has 0 bridgehead atoms. The zero-order chi connectivity index (χ0) is 16.7. The Balaban J connectivity index is 2.16. The molecule has 0 aliphatic carbocycles. The third-order valence-corrected chi connectivity index (χ3v) is 3.57. The number of methoxy groups -OCH3 is 1. The summed E-state index contributed by atoms with van der Waals surface area (Å²) < 4.78 is 10.9. The van der Waals surface area contributed by atoms with Crippen molar-refractivity contribution in [3.8, 4) is 17.1 Å². The Bertz CT molecular complexity index is 648. The van der Waals surface area contributed by atoms with Crippen LogP contribution in [0.4, 0.5) is 5.69 Å². The van der Waals surface area contributed by atoms with Gasteiger partial charge in [0.25, 0.3) is 0 Å². The zero-order valence-corrected chi connectivity index (χ0v) is 13.6. The smallest absolute Gasteiger partial charge is 0.224 e. The van der Waals surface area contributed by atoms with Crippen LogP contribution in [0.15, 0.2) is 34.7 Å². The minimum Gasteiger partial charge on any atom is -0.496 e. The number of carbonyl (C=O) groups is 1.